The largest absolute Gasteiger partial charge is 0.349 e. The van der Waals surface area contributed by atoms with Gasteiger partial charge in [-0.25, -0.2) is 0 Å². The average molecular weight is 237 g/mol. The average Bonchev–Trinajstić information content (AvgIpc) is 2.32. The van der Waals surface area contributed by atoms with Crippen LogP contribution in [-0.2, 0) is 15.3 Å². The predicted molar refractivity (Wildman–Crippen MR) is 69.9 cm³/mol. The van der Waals surface area contributed by atoms with Crippen LogP contribution in [0.2, 0.25) is 0 Å². The molecule has 0 unspecified atom stereocenters. The summed E-state index contributed by atoms with van der Waals surface area (Å²) in [6.45, 7) is 4.80. The van der Waals surface area contributed by atoms with Crippen molar-refractivity contribution in [1.29, 1.82) is 0 Å². The third-order valence-electron chi connectivity index (χ3n) is 3.16. The molecular weight excluding hydrogens is 214 g/mol. The van der Waals surface area contributed by atoms with Crippen LogP contribution in [0.4, 0.5) is 0 Å². The molecule has 1 aromatic rings. The second kappa shape index (κ2) is 6.15. The van der Waals surface area contributed by atoms with Crippen molar-refractivity contribution in [3.05, 3.63) is 34.9 Å². The van der Waals surface area contributed by atoms with Crippen LogP contribution < -0.4 is 5.73 Å². The van der Waals surface area contributed by atoms with Gasteiger partial charge in [0.2, 0.25) is 0 Å². The number of benzene rings is 1. The lowest BCUT2D eigenvalue weighted by Crippen LogP contribution is -2.32. The van der Waals surface area contributed by atoms with Gasteiger partial charge >= 0.3 is 0 Å². The third-order valence-corrected chi connectivity index (χ3v) is 3.16. The standard InChI is InChI=1S/C14H23NO2/c1-11-6-7-13(12(2)10-11)14(16-3,17-4)8-5-9-15/h6-7,10H,5,8-9,15H2,1-4H3. The summed E-state index contributed by atoms with van der Waals surface area (Å²) in [4.78, 5) is 0. The minimum atomic E-state index is -0.669. The molecule has 0 aliphatic rings. The molecule has 0 radical (unpaired) electrons. The summed E-state index contributed by atoms with van der Waals surface area (Å²) in [6.07, 6.45) is 1.63. The lowest BCUT2D eigenvalue weighted by Gasteiger charge is -2.32. The van der Waals surface area contributed by atoms with E-state index in [0.29, 0.717) is 6.54 Å². The molecule has 96 valence electrons. The Balaban J connectivity index is 3.11. The van der Waals surface area contributed by atoms with Crippen LogP contribution in [0.3, 0.4) is 0 Å². The fourth-order valence-electron chi connectivity index (χ4n) is 2.22. The first-order valence-corrected chi connectivity index (χ1v) is 5.97. The number of ether oxygens (including phenoxy) is 2. The van der Waals surface area contributed by atoms with Crippen LogP contribution >= 0.6 is 0 Å². The third kappa shape index (κ3) is 3.06. The maximum Gasteiger partial charge on any atom is 0.194 e. The number of nitrogens with two attached hydrogens (primary N) is 1. The van der Waals surface area contributed by atoms with Gasteiger partial charge in [0.15, 0.2) is 5.79 Å². The van der Waals surface area contributed by atoms with Crippen LogP contribution in [0.1, 0.15) is 29.5 Å². The zero-order chi connectivity index (χ0) is 12.9. The Morgan fingerprint density at radius 1 is 1.18 bits per heavy atom. The Kier molecular flexibility index (Phi) is 5.12. The lowest BCUT2D eigenvalue weighted by atomic mass is 9.94. The molecule has 0 aromatic heterocycles. The van der Waals surface area contributed by atoms with E-state index in [4.69, 9.17) is 15.2 Å². The second-order valence-electron chi connectivity index (χ2n) is 4.37. The minimum absolute atomic E-state index is 0.638. The van der Waals surface area contributed by atoms with Crippen LogP contribution in [0.5, 0.6) is 0 Å². The first-order chi connectivity index (χ1) is 8.09. The molecule has 2 N–H and O–H groups in total. The van der Waals surface area contributed by atoms with Crippen LogP contribution in [0, 0.1) is 13.8 Å². The Labute approximate surface area is 104 Å². The number of rotatable bonds is 6. The molecule has 3 heteroatoms. The van der Waals surface area contributed by atoms with E-state index in [1.807, 2.05) is 0 Å². The summed E-state index contributed by atoms with van der Waals surface area (Å²) in [5, 5.41) is 0. The van der Waals surface area contributed by atoms with E-state index in [2.05, 4.69) is 32.0 Å². The van der Waals surface area contributed by atoms with Crippen LogP contribution in [-0.4, -0.2) is 20.8 Å². The first-order valence-electron chi connectivity index (χ1n) is 5.97. The van der Waals surface area contributed by atoms with E-state index in [9.17, 15) is 0 Å². The maximum absolute atomic E-state index is 5.62. The van der Waals surface area contributed by atoms with Crippen molar-refractivity contribution in [2.75, 3.05) is 20.8 Å². The van der Waals surface area contributed by atoms with Crippen molar-refractivity contribution < 1.29 is 9.47 Å². The molecule has 3 nitrogen and oxygen atoms in total. The summed E-state index contributed by atoms with van der Waals surface area (Å²) >= 11 is 0. The SMILES string of the molecule is COC(CCCN)(OC)c1ccc(C)cc1C. The lowest BCUT2D eigenvalue weighted by molar-refractivity contribution is -0.220. The van der Waals surface area contributed by atoms with Crippen LogP contribution in [0.15, 0.2) is 18.2 Å². The number of aryl methyl sites for hydroxylation is 2. The molecule has 1 rings (SSSR count). The van der Waals surface area contributed by atoms with Gasteiger partial charge in [0.1, 0.15) is 0 Å². The topological polar surface area (TPSA) is 44.5 Å². The highest BCUT2D eigenvalue weighted by Crippen LogP contribution is 2.33. The number of hydrogen-bond donors (Lipinski definition) is 1. The normalized spacial score (nSPS) is 11.8. The van der Waals surface area contributed by atoms with Gasteiger partial charge in [0, 0.05) is 26.2 Å². The van der Waals surface area contributed by atoms with Crippen molar-refractivity contribution in [3.63, 3.8) is 0 Å². The molecule has 0 heterocycles. The molecule has 0 saturated heterocycles. The van der Waals surface area contributed by atoms with Crippen molar-refractivity contribution >= 4 is 0 Å². The highest BCUT2D eigenvalue weighted by atomic mass is 16.7. The van der Waals surface area contributed by atoms with E-state index in [-0.39, 0.29) is 0 Å². The van der Waals surface area contributed by atoms with Crippen molar-refractivity contribution in [2.45, 2.75) is 32.5 Å². The second-order valence-corrected chi connectivity index (χ2v) is 4.37. The molecular formula is C14H23NO2. The highest BCUT2D eigenvalue weighted by molar-refractivity contribution is 5.33. The smallest absolute Gasteiger partial charge is 0.194 e. The zero-order valence-corrected chi connectivity index (χ0v) is 11.2. The van der Waals surface area contributed by atoms with Gasteiger partial charge in [0.25, 0.3) is 0 Å². The summed E-state index contributed by atoms with van der Waals surface area (Å²) in [5.74, 6) is -0.669. The van der Waals surface area contributed by atoms with E-state index in [0.717, 1.165) is 18.4 Å². The van der Waals surface area contributed by atoms with E-state index in [1.54, 1.807) is 14.2 Å². The fraction of sp³-hybridized carbons (Fsp3) is 0.571. The van der Waals surface area contributed by atoms with Gasteiger partial charge in [0.05, 0.1) is 0 Å². The Bertz CT molecular complexity index is 359. The number of hydrogen-bond acceptors (Lipinski definition) is 3. The summed E-state index contributed by atoms with van der Waals surface area (Å²) in [5.41, 5.74) is 9.09. The van der Waals surface area contributed by atoms with Gasteiger partial charge in [-0.1, -0.05) is 23.8 Å². The van der Waals surface area contributed by atoms with Gasteiger partial charge in [-0.15, -0.1) is 0 Å². The Morgan fingerprint density at radius 3 is 2.29 bits per heavy atom. The van der Waals surface area contributed by atoms with Crippen molar-refractivity contribution in [2.24, 2.45) is 5.73 Å². The van der Waals surface area contributed by atoms with Crippen molar-refractivity contribution in [3.8, 4) is 0 Å². The maximum atomic E-state index is 5.62. The zero-order valence-electron chi connectivity index (χ0n) is 11.2. The first kappa shape index (κ1) is 14.2. The highest BCUT2D eigenvalue weighted by Gasteiger charge is 2.32. The van der Waals surface area contributed by atoms with E-state index in [1.165, 1.54) is 11.1 Å². The van der Waals surface area contributed by atoms with Crippen LogP contribution in [0.25, 0.3) is 0 Å². The molecule has 0 bridgehead atoms. The van der Waals surface area contributed by atoms with Gasteiger partial charge in [-0.3, -0.25) is 0 Å². The molecule has 0 aliphatic heterocycles. The number of methoxy groups -OCH3 is 2. The summed E-state index contributed by atoms with van der Waals surface area (Å²) < 4.78 is 11.2. The molecule has 0 fully saturated rings. The van der Waals surface area contributed by atoms with E-state index >= 15 is 0 Å². The monoisotopic (exact) mass is 237 g/mol. The minimum Gasteiger partial charge on any atom is -0.349 e. The van der Waals surface area contributed by atoms with Gasteiger partial charge in [-0.05, 0) is 32.4 Å². The fourth-order valence-corrected chi connectivity index (χ4v) is 2.22. The molecule has 0 aliphatic carbocycles. The molecule has 17 heavy (non-hydrogen) atoms. The Hall–Kier alpha value is -0.900. The predicted octanol–water partition coefficient (Wildman–Crippen LogP) is 2.49. The molecule has 0 atom stereocenters. The molecule has 1 aromatic carbocycles. The quantitative estimate of drug-likeness (QED) is 0.773. The Morgan fingerprint density at radius 2 is 1.82 bits per heavy atom. The van der Waals surface area contributed by atoms with Crippen molar-refractivity contribution in [1.82, 2.24) is 0 Å². The summed E-state index contributed by atoms with van der Waals surface area (Å²) in [7, 11) is 3.36. The molecule has 0 spiro atoms. The molecule has 0 amide bonds. The summed E-state index contributed by atoms with van der Waals surface area (Å²) in [6, 6.07) is 6.30. The van der Waals surface area contributed by atoms with Gasteiger partial charge in [-0.2, -0.15) is 0 Å². The molecule has 0 saturated carbocycles. The van der Waals surface area contributed by atoms with Gasteiger partial charge < -0.3 is 15.2 Å². The van der Waals surface area contributed by atoms with E-state index < -0.39 is 5.79 Å².